The number of nitrogens with one attached hydrogen (secondary N) is 1. The van der Waals surface area contributed by atoms with E-state index in [0.717, 1.165) is 18.4 Å². The lowest BCUT2D eigenvalue weighted by molar-refractivity contribution is -0.134. The van der Waals surface area contributed by atoms with Crippen LogP contribution in [0.25, 0.3) is 0 Å². The number of amides is 2. The number of rotatable bonds is 3. The molecule has 2 rings (SSSR count). The summed E-state index contributed by atoms with van der Waals surface area (Å²) in [6, 6.07) is 9.13. The van der Waals surface area contributed by atoms with E-state index < -0.39 is 0 Å². The molecule has 0 atom stereocenters. The van der Waals surface area contributed by atoms with Crippen molar-refractivity contribution in [1.29, 1.82) is 5.26 Å². The van der Waals surface area contributed by atoms with Gasteiger partial charge in [-0.1, -0.05) is 12.1 Å². The lowest BCUT2D eigenvalue weighted by Crippen LogP contribution is -2.42. The number of hydrogen-bond acceptors (Lipinski definition) is 3. The van der Waals surface area contributed by atoms with Gasteiger partial charge in [-0.25, -0.2) is 0 Å². The fourth-order valence-electron chi connectivity index (χ4n) is 2.58. The smallest absolute Gasteiger partial charge is 0.226 e. The van der Waals surface area contributed by atoms with Crippen molar-refractivity contribution in [2.75, 3.05) is 20.1 Å². The van der Waals surface area contributed by atoms with Gasteiger partial charge in [-0.05, 0) is 30.5 Å². The SMILES string of the molecule is CNC(=O)C1CCN(C(=O)Cc2ccc(C#N)cc2)CC1. The topological polar surface area (TPSA) is 73.2 Å². The minimum absolute atomic E-state index is 0.0222. The summed E-state index contributed by atoms with van der Waals surface area (Å²) in [6.45, 7) is 1.26. The van der Waals surface area contributed by atoms with Crippen LogP contribution < -0.4 is 5.32 Å². The third-order valence-corrected chi connectivity index (χ3v) is 3.90. The van der Waals surface area contributed by atoms with Crippen LogP contribution in [0.5, 0.6) is 0 Å². The number of nitrogens with zero attached hydrogens (tertiary/aromatic N) is 2. The van der Waals surface area contributed by atoms with Crippen LogP contribution in [0.3, 0.4) is 0 Å². The molecule has 5 nitrogen and oxygen atoms in total. The average Bonchev–Trinajstić information content (AvgIpc) is 2.55. The van der Waals surface area contributed by atoms with Gasteiger partial charge in [0.1, 0.15) is 0 Å². The zero-order valence-electron chi connectivity index (χ0n) is 12.1. The molecule has 0 bridgehead atoms. The Labute approximate surface area is 124 Å². The van der Waals surface area contributed by atoms with E-state index >= 15 is 0 Å². The molecule has 1 aliphatic heterocycles. The molecule has 1 aliphatic rings. The predicted octanol–water partition coefficient (Wildman–Crippen LogP) is 1.09. The first-order chi connectivity index (χ1) is 10.1. The molecular formula is C16H19N3O2. The fourth-order valence-corrected chi connectivity index (χ4v) is 2.58. The third-order valence-electron chi connectivity index (χ3n) is 3.90. The second-order valence-electron chi connectivity index (χ2n) is 5.25. The molecule has 5 heteroatoms. The Morgan fingerprint density at radius 1 is 1.29 bits per heavy atom. The van der Waals surface area contributed by atoms with Crippen LogP contribution in [0.4, 0.5) is 0 Å². The molecule has 21 heavy (non-hydrogen) atoms. The number of piperidine rings is 1. The minimum atomic E-state index is 0.0222. The van der Waals surface area contributed by atoms with E-state index in [2.05, 4.69) is 11.4 Å². The summed E-state index contributed by atoms with van der Waals surface area (Å²) in [5, 5.41) is 11.4. The van der Waals surface area contributed by atoms with Crippen LogP contribution in [0, 0.1) is 17.2 Å². The Morgan fingerprint density at radius 3 is 2.43 bits per heavy atom. The highest BCUT2D eigenvalue weighted by molar-refractivity contribution is 5.80. The standard InChI is InChI=1S/C16H19N3O2/c1-18-16(21)14-6-8-19(9-7-14)15(20)10-12-2-4-13(11-17)5-3-12/h2-5,14H,6-10H2,1H3,(H,18,21). The maximum Gasteiger partial charge on any atom is 0.226 e. The van der Waals surface area contributed by atoms with Gasteiger partial charge in [-0.3, -0.25) is 9.59 Å². The molecule has 0 saturated carbocycles. The summed E-state index contributed by atoms with van der Waals surface area (Å²) < 4.78 is 0. The number of likely N-dealkylation sites (tertiary alicyclic amines) is 1. The van der Waals surface area contributed by atoms with Crippen molar-refractivity contribution in [2.45, 2.75) is 19.3 Å². The lowest BCUT2D eigenvalue weighted by Gasteiger charge is -2.31. The van der Waals surface area contributed by atoms with E-state index in [9.17, 15) is 9.59 Å². The van der Waals surface area contributed by atoms with Crippen LogP contribution in [0.1, 0.15) is 24.0 Å². The van der Waals surface area contributed by atoms with E-state index in [4.69, 9.17) is 5.26 Å². The zero-order valence-corrected chi connectivity index (χ0v) is 12.1. The maximum atomic E-state index is 12.2. The molecule has 0 radical (unpaired) electrons. The van der Waals surface area contributed by atoms with Crippen LogP contribution in [0.15, 0.2) is 24.3 Å². The first kappa shape index (κ1) is 15.0. The molecule has 2 amide bonds. The van der Waals surface area contributed by atoms with Crippen molar-refractivity contribution in [3.63, 3.8) is 0 Å². The summed E-state index contributed by atoms with van der Waals surface area (Å²) in [6.07, 6.45) is 1.79. The van der Waals surface area contributed by atoms with Gasteiger partial charge in [0, 0.05) is 26.1 Å². The molecule has 0 aliphatic carbocycles. The van der Waals surface area contributed by atoms with Crippen molar-refractivity contribution in [1.82, 2.24) is 10.2 Å². The molecule has 1 heterocycles. The minimum Gasteiger partial charge on any atom is -0.359 e. The molecule has 1 N–H and O–H groups in total. The van der Waals surface area contributed by atoms with Crippen molar-refractivity contribution in [2.24, 2.45) is 5.92 Å². The Balaban J connectivity index is 1.87. The third kappa shape index (κ3) is 3.82. The fraction of sp³-hybridized carbons (Fsp3) is 0.438. The van der Waals surface area contributed by atoms with Gasteiger partial charge in [-0.15, -0.1) is 0 Å². The van der Waals surface area contributed by atoms with Gasteiger partial charge in [-0.2, -0.15) is 5.26 Å². The first-order valence-electron chi connectivity index (χ1n) is 7.12. The zero-order chi connectivity index (χ0) is 15.2. The summed E-state index contributed by atoms with van der Waals surface area (Å²) in [4.78, 5) is 25.6. The van der Waals surface area contributed by atoms with Gasteiger partial charge < -0.3 is 10.2 Å². The number of carbonyl (C=O) groups is 2. The highest BCUT2D eigenvalue weighted by Crippen LogP contribution is 2.18. The Kier molecular flexibility index (Phi) is 4.94. The number of carbonyl (C=O) groups excluding carboxylic acids is 2. The lowest BCUT2D eigenvalue weighted by atomic mass is 9.95. The summed E-state index contributed by atoms with van der Waals surface area (Å²) in [7, 11) is 1.64. The van der Waals surface area contributed by atoms with E-state index in [1.807, 2.05) is 17.0 Å². The van der Waals surface area contributed by atoms with Crippen LogP contribution >= 0.6 is 0 Å². The van der Waals surface area contributed by atoms with E-state index in [0.29, 0.717) is 25.1 Å². The molecule has 1 saturated heterocycles. The first-order valence-corrected chi connectivity index (χ1v) is 7.12. The summed E-state index contributed by atoms with van der Waals surface area (Å²) >= 11 is 0. The van der Waals surface area contributed by atoms with Crippen molar-refractivity contribution >= 4 is 11.8 Å². The van der Waals surface area contributed by atoms with Gasteiger partial charge in [0.25, 0.3) is 0 Å². The van der Waals surface area contributed by atoms with E-state index in [1.54, 1.807) is 19.2 Å². The van der Waals surface area contributed by atoms with Gasteiger partial charge in [0.05, 0.1) is 18.1 Å². The Hall–Kier alpha value is -2.35. The van der Waals surface area contributed by atoms with Crippen LogP contribution in [0.2, 0.25) is 0 Å². The van der Waals surface area contributed by atoms with Crippen molar-refractivity contribution in [3.8, 4) is 6.07 Å². The summed E-state index contributed by atoms with van der Waals surface area (Å²) in [5.74, 6) is 0.165. The van der Waals surface area contributed by atoms with Crippen LogP contribution in [-0.2, 0) is 16.0 Å². The highest BCUT2D eigenvalue weighted by Gasteiger charge is 2.26. The number of hydrogen-bond donors (Lipinski definition) is 1. The Morgan fingerprint density at radius 2 is 1.90 bits per heavy atom. The van der Waals surface area contributed by atoms with Gasteiger partial charge >= 0.3 is 0 Å². The quantitative estimate of drug-likeness (QED) is 0.903. The normalized spacial score (nSPS) is 15.3. The second-order valence-corrected chi connectivity index (χ2v) is 5.25. The van der Waals surface area contributed by atoms with Crippen LogP contribution in [-0.4, -0.2) is 36.9 Å². The van der Waals surface area contributed by atoms with Crippen molar-refractivity contribution in [3.05, 3.63) is 35.4 Å². The predicted molar refractivity (Wildman–Crippen MR) is 78.2 cm³/mol. The van der Waals surface area contributed by atoms with E-state index in [1.165, 1.54) is 0 Å². The molecule has 1 aromatic carbocycles. The molecule has 0 spiro atoms. The molecule has 1 aromatic rings. The molecule has 110 valence electrons. The second kappa shape index (κ2) is 6.89. The average molecular weight is 285 g/mol. The molecule has 0 aromatic heterocycles. The highest BCUT2D eigenvalue weighted by atomic mass is 16.2. The van der Waals surface area contributed by atoms with Crippen molar-refractivity contribution < 1.29 is 9.59 Å². The van der Waals surface area contributed by atoms with E-state index in [-0.39, 0.29) is 17.7 Å². The summed E-state index contributed by atoms with van der Waals surface area (Å²) in [5.41, 5.74) is 1.50. The Bertz CT molecular complexity index is 552. The molecule has 0 unspecified atom stereocenters. The number of benzene rings is 1. The molecule has 1 fully saturated rings. The molecular weight excluding hydrogens is 266 g/mol. The monoisotopic (exact) mass is 285 g/mol. The van der Waals surface area contributed by atoms with Gasteiger partial charge in [0.2, 0.25) is 11.8 Å². The van der Waals surface area contributed by atoms with Gasteiger partial charge in [0.15, 0.2) is 0 Å². The maximum absolute atomic E-state index is 12.2. The number of nitriles is 1. The largest absolute Gasteiger partial charge is 0.359 e.